The third-order valence-electron chi connectivity index (χ3n) is 11.0. The first-order valence-electron chi connectivity index (χ1n) is 25.6. The van der Waals surface area contributed by atoms with Gasteiger partial charge in [-0.05, 0) is 109 Å². The predicted octanol–water partition coefficient (Wildman–Crippen LogP) is 9.64. The van der Waals surface area contributed by atoms with E-state index in [-0.39, 0.29) is 24.8 Å². The van der Waals surface area contributed by atoms with Crippen molar-refractivity contribution in [3.8, 4) is 0 Å². The monoisotopic (exact) mass is 1070 g/mol. The highest BCUT2D eigenvalue weighted by atomic mass is 31.3. The molecule has 0 radical (unpaired) electrons. The Bertz CT molecular complexity index is 2070. The van der Waals surface area contributed by atoms with Crippen LogP contribution in [0.1, 0.15) is 155 Å². The summed E-state index contributed by atoms with van der Waals surface area (Å²) < 4.78 is 56.7. The molecule has 0 aromatic carbocycles. The number of carbonyl (C=O) groups is 2. The smallest absolute Gasteiger partial charge is 0.462 e. The molecule has 0 bridgehead atoms. The van der Waals surface area contributed by atoms with Crippen molar-refractivity contribution < 1.29 is 71.4 Å². The SMILES string of the molecule is CCCCC/C=C\C/C=C\C/C=C\CCCCCCC(=O)O[C@H](COC(=O)CCC/C=C\C/C=C\C/C=C\C/C=C\CCC[C@@H](C)O)COP(=O)(O)OP(=O)(O)OC[C@H]1O[C@@H](n2ccc(N)nc2=O)[C@H](O)[C@@H]1O. The molecule has 2 rings (SSSR count). The van der Waals surface area contributed by atoms with Crippen molar-refractivity contribution in [3.63, 3.8) is 0 Å². The van der Waals surface area contributed by atoms with Crippen LogP contribution in [0.5, 0.6) is 0 Å². The first-order valence-corrected chi connectivity index (χ1v) is 28.6. The van der Waals surface area contributed by atoms with Crippen LogP contribution in [0, 0.1) is 0 Å². The predicted molar refractivity (Wildman–Crippen MR) is 281 cm³/mol. The molecule has 0 saturated carbocycles. The number of aliphatic hydroxyl groups is 3. The average Bonchev–Trinajstić information content (AvgIpc) is 3.62. The molecule has 1 aromatic heterocycles. The lowest BCUT2D eigenvalue weighted by atomic mass is 10.1. The summed E-state index contributed by atoms with van der Waals surface area (Å²) in [4.78, 5) is 61.9. The second kappa shape index (κ2) is 39.3. The fraction of sp³-hybridized carbons (Fsp3) is 0.615. The van der Waals surface area contributed by atoms with Crippen LogP contribution in [0.15, 0.2) is 102 Å². The quantitative estimate of drug-likeness (QED) is 0.0154. The van der Waals surface area contributed by atoms with Crippen LogP contribution < -0.4 is 11.4 Å². The van der Waals surface area contributed by atoms with Crippen LogP contribution in [0.25, 0.3) is 0 Å². The van der Waals surface area contributed by atoms with Gasteiger partial charge in [-0.3, -0.25) is 23.2 Å². The van der Waals surface area contributed by atoms with Gasteiger partial charge in [0.25, 0.3) is 0 Å². The third kappa shape index (κ3) is 32.7. The van der Waals surface area contributed by atoms with Crippen LogP contribution in [0.3, 0.4) is 0 Å². The van der Waals surface area contributed by atoms with E-state index in [0.29, 0.717) is 19.3 Å². The van der Waals surface area contributed by atoms with Crippen molar-refractivity contribution in [2.75, 3.05) is 25.6 Å². The highest BCUT2D eigenvalue weighted by Crippen LogP contribution is 2.60. The maximum Gasteiger partial charge on any atom is 0.481 e. The fourth-order valence-electron chi connectivity index (χ4n) is 6.98. The Balaban J connectivity index is 1.84. The number of hydrogen-bond donors (Lipinski definition) is 6. The number of hydrogen-bond acceptors (Lipinski definition) is 16. The number of allylic oxidation sites excluding steroid dienone is 14. The van der Waals surface area contributed by atoms with Gasteiger partial charge in [-0.2, -0.15) is 9.29 Å². The molecule has 8 atom stereocenters. The van der Waals surface area contributed by atoms with E-state index in [9.17, 15) is 48.6 Å². The van der Waals surface area contributed by atoms with E-state index in [4.69, 9.17) is 29.0 Å². The molecular formula is C52H83N3O16P2. The number of phosphoric acid groups is 2. The summed E-state index contributed by atoms with van der Waals surface area (Å²) in [6.07, 6.45) is 39.4. The van der Waals surface area contributed by atoms with E-state index in [2.05, 4.69) is 83.1 Å². The molecule has 7 N–H and O–H groups in total. The second-order valence-corrected chi connectivity index (χ2v) is 20.6. The van der Waals surface area contributed by atoms with Crippen LogP contribution in [0.2, 0.25) is 0 Å². The van der Waals surface area contributed by atoms with Gasteiger partial charge in [0.1, 0.15) is 30.7 Å². The zero-order chi connectivity index (χ0) is 53.6. The van der Waals surface area contributed by atoms with Gasteiger partial charge in [-0.15, -0.1) is 0 Å². The minimum atomic E-state index is -5.45. The van der Waals surface area contributed by atoms with Crippen LogP contribution >= 0.6 is 15.6 Å². The van der Waals surface area contributed by atoms with Crippen molar-refractivity contribution in [2.24, 2.45) is 0 Å². The Morgan fingerprint density at radius 2 is 1.22 bits per heavy atom. The number of anilines is 1. The molecular weight excluding hydrogens is 985 g/mol. The molecule has 73 heavy (non-hydrogen) atoms. The number of aliphatic hydroxyl groups excluding tert-OH is 3. The Hall–Kier alpha value is -4.10. The maximum absolute atomic E-state index is 12.9. The van der Waals surface area contributed by atoms with Crippen LogP contribution in [-0.2, 0) is 46.3 Å². The zero-order valence-electron chi connectivity index (χ0n) is 42.8. The number of carbonyl (C=O) groups excluding carboxylic acids is 2. The van der Waals surface area contributed by atoms with E-state index in [1.165, 1.54) is 25.3 Å². The minimum absolute atomic E-state index is 0.00184. The van der Waals surface area contributed by atoms with E-state index >= 15 is 0 Å². The summed E-state index contributed by atoms with van der Waals surface area (Å²) in [7, 11) is -10.9. The number of nitrogens with two attached hydrogens (primary N) is 1. The molecule has 0 amide bonds. The Morgan fingerprint density at radius 3 is 1.78 bits per heavy atom. The number of phosphoric ester groups is 2. The minimum Gasteiger partial charge on any atom is -0.462 e. The molecule has 1 aliphatic heterocycles. The number of aromatic nitrogens is 2. The molecule has 2 heterocycles. The van der Waals surface area contributed by atoms with Gasteiger partial charge >= 0.3 is 33.3 Å². The van der Waals surface area contributed by atoms with Crippen LogP contribution in [0.4, 0.5) is 5.82 Å². The lowest BCUT2D eigenvalue weighted by Crippen LogP contribution is -2.36. The molecule has 1 saturated heterocycles. The number of ether oxygens (including phenoxy) is 3. The Labute approximate surface area is 431 Å². The number of rotatable bonds is 41. The molecule has 412 valence electrons. The van der Waals surface area contributed by atoms with Crippen LogP contribution in [-0.4, -0.2) is 96.9 Å². The molecule has 1 aliphatic rings. The fourth-order valence-corrected chi connectivity index (χ4v) is 9.09. The van der Waals surface area contributed by atoms with Crippen molar-refractivity contribution in [2.45, 2.75) is 185 Å². The second-order valence-electron chi connectivity index (χ2n) is 17.6. The van der Waals surface area contributed by atoms with Gasteiger partial charge in [0.2, 0.25) is 0 Å². The van der Waals surface area contributed by atoms with Crippen molar-refractivity contribution in [3.05, 3.63) is 108 Å². The third-order valence-corrected chi connectivity index (χ3v) is 13.6. The highest BCUT2D eigenvalue weighted by molar-refractivity contribution is 7.61. The van der Waals surface area contributed by atoms with E-state index in [1.807, 2.05) is 18.2 Å². The molecule has 19 nitrogen and oxygen atoms in total. The standard InChI is InChI=1S/C52H83N3O16P2/c1-3-4-5-6-7-8-9-10-11-12-15-19-22-25-28-31-34-37-48(58)69-44(40-66-47(57)36-33-30-27-24-21-18-16-13-14-17-20-23-26-29-32-35-43(2)56)41-67-72(62,63)71-73(64,65)68-42-45-49(59)50(60)51(70-45)55-39-38-46(53)54-52(55)61/h7-8,10-11,14-19,23-24,26-27,38-39,43-45,49-51,56,59-60H,3-6,9,12-13,20-22,25,28-37,40-42H2,1-2H3,(H,62,63)(H,64,65)(H2,53,54,61)/b8-7-,11-10-,17-14-,18-16-,19-15-,26-23-,27-24-/t43-,44-,45-,49-,50-,51-/m1/s1. The summed E-state index contributed by atoms with van der Waals surface area (Å²) >= 11 is 0. The van der Waals surface area contributed by atoms with Crippen molar-refractivity contribution in [1.29, 1.82) is 0 Å². The van der Waals surface area contributed by atoms with Gasteiger partial charge < -0.3 is 45.1 Å². The van der Waals surface area contributed by atoms with E-state index in [0.717, 1.165) is 94.2 Å². The van der Waals surface area contributed by atoms with Gasteiger partial charge in [-0.25, -0.2) is 13.9 Å². The molecule has 1 aromatic rings. The largest absolute Gasteiger partial charge is 0.481 e. The number of nitrogens with zero attached hydrogens (tertiary/aromatic N) is 2. The first kappa shape index (κ1) is 65.0. The van der Waals surface area contributed by atoms with Crippen molar-refractivity contribution in [1.82, 2.24) is 9.55 Å². The number of nitrogen functional groups attached to an aromatic ring is 1. The summed E-state index contributed by atoms with van der Waals surface area (Å²) in [6, 6.07) is 1.24. The maximum atomic E-state index is 12.9. The Morgan fingerprint density at radius 1 is 0.712 bits per heavy atom. The zero-order valence-corrected chi connectivity index (χ0v) is 44.6. The Kier molecular flexibility index (Phi) is 35.0. The van der Waals surface area contributed by atoms with Gasteiger partial charge in [-0.1, -0.05) is 118 Å². The molecule has 0 aliphatic carbocycles. The highest BCUT2D eigenvalue weighted by Gasteiger charge is 2.46. The molecule has 0 spiro atoms. The number of esters is 2. The van der Waals surface area contributed by atoms with E-state index in [1.54, 1.807) is 6.92 Å². The summed E-state index contributed by atoms with van der Waals surface area (Å²) in [6.45, 7) is 1.59. The molecule has 21 heteroatoms. The lowest BCUT2D eigenvalue weighted by molar-refractivity contribution is -0.161. The summed E-state index contributed by atoms with van der Waals surface area (Å²) in [5, 5.41) is 30.2. The van der Waals surface area contributed by atoms with E-state index < -0.39 is 83.7 Å². The molecule has 1 fully saturated rings. The van der Waals surface area contributed by atoms with Crippen molar-refractivity contribution >= 4 is 33.4 Å². The first-order chi connectivity index (χ1) is 35.0. The lowest BCUT2D eigenvalue weighted by Gasteiger charge is -2.21. The normalized spacial score (nSPS) is 20.1. The summed E-state index contributed by atoms with van der Waals surface area (Å²) in [5.41, 5.74) is 4.58. The van der Waals surface area contributed by atoms with Gasteiger partial charge in [0.15, 0.2) is 12.3 Å². The average molecular weight is 1070 g/mol. The topological polar surface area (TPSA) is 286 Å². The van der Waals surface area contributed by atoms with Gasteiger partial charge in [0.05, 0.1) is 19.3 Å². The summed E-state index contributed by atoms with van der Waals surface area (Å²) in [5.74, 6) is -1.42. The van der Waals surface area contributed by atoms with Gasteiger partial charge in [0, 0.05) is 19.0 Å². The molecule has 2 unspecified atom stereocenters. The number of unbranched alkanes of at least 4 members (excludes halogenated alkanes) is 9.